The number of nitrogens with two attached hydrogens (primary N) is 1. The molecule has 0 amide bonds. The molecule has 18 heavy (non-hydrogen) atoms. The summed E-state index contributed by atoms with van der Waals surface area (Å²) in [5, 5.41) is 0.375. The standard InChI is InChI=1S/C14H21FN2S/c1-9-7-10(2)13(11(15)8-9)14(17-16)12-5-3-4-6-18-12/h7-8,12,14,17H,3-6,16H2,1-2H3. The summed E-state index contributed by atoms with van der Waals surface area (Å²) in [6.45, 7) is 3.88. The van der Waals surface area contributed by atoms with Crippen molar-refractivity contribution in [3.05, 3.63) is 34.6 Å². The Hall–Kier alpha value is -0.580. The lowest BCUT2D eigenvalue weighted by molar-refractivity contribution is 0.466. The molecular formula is C14H21FN2S. The molecule has 2 atom stereocenters. The molecule has 0 bridgehead atoms. The monoisotopic (exact) mass is 268 g/mol. The van der Waals surface area contributed by atoms with Crippen LogP contribution in [0.25, 0.3) is 0 Å². The Labute approximate surface area is 112 Å². The molecule has 4 heteroatoms. The largest absolute Gasteiger partial charge is 0.271 e. The first-order valence-corrected chi connectivity index (χ1v) is 7.52. The minimum Gasteiger partial charge on any atom is -0.271 e. The first-order chi connectivity index (χ1) is 8.63. The SMILES string of the molecule is Cc1cc(C)c(C(NN)C2CCCCS2)c(F)c1. The van der Waals surface area contributed by atoms with Gasteiger partial charge >= 0.3 is 0 Å². The van der Waals surface area contributed by atoms with Crippen LogP contribution < -0.4 is 11.3 Å². The Kier molecular flexibility index (Phi) is 4.65. The van der Waals surface area contributed by atoms with E-state index in [-0.39, 0.29) is 11.9 Å². The molecule has 1 aromatic carbocycles. The minimum atomic E-state index is -0.137. The molecule has 2 nitrogen and oxygen atoms in total. The van der Waals surface area contributed by atoms with Crippen LogP contribution in [0.1, 0.15) is 42.0 Å². The summed E-state index contributed by atoms with van der Waals surface area (Å²) in [5.41, 5.74) is 5.51. The van der Waals surface area contributed by atoms with Crippen LogP contribution in [0.2, 0.25) is 0 Å². The van der Waals surface area contributed by atoms with Crippen molar-refractivity contribution in [3.63, 3.8) is 0 Å². The normalized spacial score (nSPS) is 21.9. The maximum atomic E-state index is 14.2. The molecule has 2 unspecified atom stereocenters. The fourth-order valence-corrected chi connectivity index (χ4v) is 4.14. The maximum Gasteiger partial charge on any atom is 0.128 e. The highest BCUT2D eigenvalue weighted by atomic mass is 32.2. The fraction of sp³-hybridized carbons (Fsp3) is 0.571. The van der Waals surface area contributed by atoms with Crippen LogP contribution in [-0.2, 0) is 0 Å². The summed E-state index contributed by atoms with van der Waals surface area (Å²) in [6, 6.07) is 3.53. The molecule has 1 aliphatic heterocycles. The van der Waals surface area contributed by atoms with Gasteiger partial charge in [0.2, 0.25) is 0 Å². The summed E-state index contributed by atoms with van der Waals surface area (Å²) in [7, 11) is 0. The van der Waals surface area contributed by atoms with E-state index in [2.05, 4.69) is 5.43 Å². The summed E-state index contributed by atoms with van der Waals surface area (Å²) >= 11 is 1.90. The predicted octanol–water partition coefficient (Wildman–Crippen LogP) is 3.23. The third kappa shape index (κ3) is 2.87. The number of hydrogen-bond donors (Lipinski definition) is 2. The zero-order valence-corrected chi connectivity index (χ0v) is 11.8. The first-order valence-electron chi connectivity index (χ1n) is 6.48. The van der Waals surface area contributed by atoms with Gasteiger partial charge in [-0.1, -0.05) is 12.5 Å². The van der Waals surface area contributed by atoms with E-state index in [1.165, 1.54) is 12.8 Å². The molecule has 0 aromatic heterocycles. The smallest absolute Gasteiger partial charge is 0.128 e. The van der Waals surface area contributed by atoms with Crippen LogP contribution in [-0.4, -0.2) is 11.0 Å². The Balaban J connectivity index is 2.32. The predicted molar refractivity (Wildman–Crippen MR) is 76.0 cm³/mol. The van der Waals surface area contributed by atoms with Gasteiger partial charge in [0, 0.05) is 10.8 Å². The summed E-state index contributed by atoms with van der Waals surface area (Å²) in [4.78, 5) is 0. The minimum absolute atomic E-state index is 0.0871. The Morgan fingerprint density at radius 1 is 1.39 bits per heavy atom. The van der Waals surface area contributed by atoms with E-state index in [0.717, 1.165) is 28.9 Å². The van der Waals surface area contributed by atoms with Gasteiger partial charge in [0.05, 0.1) is 6.04 Å². The molecule has 1 aliphatic rings. The van der Waals surface area contributed by atoms with E-state index in [0.29, 0.717) is 5.25 Å². The molecule has 0 radical (unpaired) electrons. The number of hydrogen-bond acceptors (Lipinski definition) is 3. The summed E-state index contributed by atoms with van der Waals surface area (Å²) in [5.74, 6) is 6.69. The van der Waals surface area contributed by atoms with Gasteiger partial charge in [-0.3, -0.25) is 11.3 Å². The highest BCUT2D eigenvalue weighted by molar-refractivity contribution is 8.00. The zero-order chi connectivity index (χ0) is 13.1. The number of benzene rings is 1. The van der Waals surface area contributed by atoms with Crippen molar-refractivity contribution in [3.8, 4) is 0 Å². The molecule has 1 heterocycles. The van der Waals surface area contributed by atoms with Gasteiger partial charge in [-0.15, -0.1) is 0 Å². The van der Waals surface area contributed by atoms with Crippen molar-refractivity contribution in [2.45, 2.75) is 44.4 Å². The number of nitrogens with one attached hydrogen (secondary N) is 1. The van der Waals surface area contributed by atoms with Crippen molar-refractivity contribution in [1.29, 1.82) is 0 Å². The molecule has 0 aliphatic carbocycles. The maximum absolute atomic E-state index is 14.2. The van der Waals surface area contributed by atoms with Crippen molar-refractivity contribution in [2.24, 2.45) is 5.84 Å². The number of halogens is 1. The third-order valence-electron chi connectivity index (χ3n) is 3.56. The summed E-state index contributed by atoms with van der Waals surface area (Å²) < 4.78 is 14.2. The topological polar surface area (TPSA) is 38.0 Å². The van der Waals surface area contributed by atoms with Gasteiger partial charge in [-0.25, -0.2) is 4.39 Å². The molecule has 1 aromatic rings. The van der Waals surface area contributed by atoms with E-state index >= 15 is 0 Å². The molecule has 3 N–H and O–H groups in total. The lowest BCUT2D eigenvalue weighted by Gasteiger charge is -2.30. The van der Waals surface area contributed by atoms with Crippen LogP contribution >= 0.6 is 11.8 Å². The third-order valence-corrected chi connectivity index (χ3v) is 5.02. The second kappa shape index (κ2) is 6.04. The average Bonchev–Trinajstić information content (AvgIpc) is 2.34. The zero-order valence-electron chi connectivity index (χ0n) is 11.0. The van der Waals surface area contributed by atoms with Crippen molar-refractivity contribution >= 4 is 11.8 Å². The van der Waals surface area contributed by atoms with E-state index in [4.69, 9.17) is 5.84 Å². The van der Waals surface area contributed by atoms with Crippen LogP contribution in [0.5, 0.6) is 0 Å². The number of rotatable bonds is 3. The first kappa shape index (κ1) is 13.8. The molecule has 1 fully saturated rings. The molecular weight excluding hydrogens is 247 g/mol. The van der Waals surface area contributed by atoms with Gasteiger partial charge in [0.25, 0.3) is 0 Å². The Bertz CT molecular complexity index is 393. The molecule has 100 valence electrons. The van der Waals surface area contributed by atoms with Gasteiger partial charge in [-0.2, -0.15) is 11.8 Å². The highest BCUT2D eigenvalue weighted by Crippen LogP contribution is 2.36. The van der Waals surface area contributed by atoms with Gasteiger partial charge in [0.1, 0.15) is 5.82 Å². The lowest BCUT2D eigenvalue weighted by Crippen LogP contribution is -2.37. The van der Waals surface area contributed by atoms with E-state index in [1.54, 1.807) is 6.07 Å². The van der Waals surface area contributed by atoms with Crippen LogP contribution in [0.3, 0.4) is 0 Å². The molecule has 1 saturated heterocycles. The Morgan fingerprint density at radius 2 is 2.17 bits per heavy atom. The Morgan fingerprint density at radius 3 is 2.72 bits per heavy atom. The second-order valence-corrected chi connectivity index (χ2v) is 6.37. The molecule has 0 spiro atoms. The fourth-order valence-electron chi connectivity index (χ4n) is 2.73. The average molecular weight is 268 g/mol. The van der Waals surface area contributed by atoms with Gasteiger partial charge in [-0.05, 0) is 49.6 Å². The molecule has 2 rings (SSSR count). The lowest BCUT2D eigenvalue weighted by atomic mass is 9.94. The summed E-state index contributed by atoms with van der Waals surface area (Å²) in [6.07, 6.45) is 3.57. The van der Waals surface area contributed by atoms with Crippen molar-refractivity contribution < 1.29 is 4.39 Å². The van der Waals surface area contributed by atoms with Crippen LogP contribution in [0.4, 0.5) is 4.39 Å². The number of thioether (sulfide) groups is 1. The van der Waals surface area contributed by atoms with Crippen LogP contribution in [0, 0.1) is 19.7 Å². The van der Waals surface area contributed by atoms with Crippen molar-refractivity contribution in [2.75, 3.05) is 5.75 Å². The number of aryl methyl sites for hydroxylation is 2. The van der Waals surface area contributed by atoms with E-state index in [9.17, 15) is 4.39 Å². The second-order valence-electron chi connectivity index (χ2n) is 5.03. The van der Waals surface area contributed by atoms with Gasteiger partial charge in [0.15, 0.2) is 0 Å². The number of hydrazine groups is 1. The molecule has 0 saturated carbocycles. The van der Waals surface area contributed by atoms with Gasteiger partial charge < -0.3 is 0 Å². The van der Waals surface area contributed by atoms with Crippen LogP contribution in [0.15, 0.2) is 12.1 Å². The van der Waals surface area contributed by atoms with E-state index in [1.807, 2.05) is 31.7 Å². The van der Waals surface area contributed by atoms with Crippen molar-refractivity contribution in [1.82, 2.24) is 5.43 Å². The highest BCUT2D eigenvalue weighted by Gasteiger charge is 2.28. The quantitative estimate of drug-likeness (QED) is 0.653. The van der Waals surface area contributed by atoms with E-state index < -0.39 is 0 Å².